The van der Waals surface area contributed by atoms with Crippen molar-refractivity contribution in [3.05, 3.63) is 17.2 Å². The molecule has 16 heavy (non-hydrogen) atoms. The third kappa shape index (κ3) is 2.19. The van der Waals surface area contributed by atoms with E-state index in [-0.39, 0.29) is 0 Å². The predicted molar refractivity (Wildman–Crippen MR) is 65.8 cm³/mol. The van der Waals surface area contributed by atoms with Gasteiger partial charge in [0.25, 0.3) is 0 Å². The Bertz CT molecular complexity index is 378. The number of nitrogens with one attached hydrogen (secondary N) is 1. The molecule has 3 nitrogen and oxygen atoms in total. The number of rotatable bonds is 4. The Morgan fingerprint density at radius 2 is 1.88 bits per heavy atom. The summed E-state index contributed by atoms with van der Waals surface area (Å²) in [6.45, 7) is 0. The maximum atomic E-state index is 6.08. The van der Waals surface area contributed by atoms with Crippen molar-refractivity contribution in [3.63, 3.8) is 0 Å². The van der Waals surface area contributed by atoms with Crippen LogP contribution < -0.4 is 14.8 Å². The monoisotopic (exact) mass is 241 g/mol. The molecule has 1 aromatic rings. The van der Waals surface area contributed by atoms with E-state index in [0.29, 0.717) is 16.8 Å². The van der Waals surface area contributed by atoms with E-state index >= 15 is 0 Å². The van der Waals surface area contributed by atoms with Gasteiger partial charge in [0.1, 0.15) is 11.5 Å². The van der Waals surface area contributed by atoms with E-state index in [0.717, 1.165) is 11.4 Å². The van der Waals surface area contributed by atoms with Gasteiger partial charge in [0, 0.05) is 12.1 Å². The number of anilines is 1. The van der Waals surface area contributed by atoms with Crippen molar-refractivity contribution in [1.82, 2.24) is 0 Å². The summed E-state index contributed by atoms with van der Waals surface area (Å²) >= 11 is 6.08. The molecule has 0 amide bonds. The molecular formula is C12H16ClNO2. The van der Waals surface area contributed by atoms with Crippen molar-refractivity contribution in [1.29, 1.82) is 0 Å². The van der Waals surface area contributed by atoms with Crippen LogP contribution >= 0.6 is 11.6 Å². The molecule has 1 N–H and O–H groups in total. The molecular weight excluding hydrogens is 226 g/mol. The minimum Gasteiger partial charge on any atom is -0.495 e. The molecule has 1 aliphatic carbocycles. The van der Waals surface area contributed by atoms with Crippen LogP contribution in [0.15, 0.2) is 12.1 Å². The molecule has 0 aromatic heterocycles. The zero-order chi connectivity index (χ0) is 11.5. The highest BCUT2D eigenvalue weighted by Crippen LogP contribution is 2.37. The Morgan fingerprint density at radius 1 is 1.19 bits per heavy atom. The van der Waals surface area contributed by atoms with Crippen LogP contribution in [-0.2, 0) is 0 Å². The Morgan fingerprint density at radius 3 is 2.38 bits per heavy atom. The first-order chi connectivity index (χ1) is 7.74. The molecule has 2 rings (SSSR count). The van der Waals surface area contributed by atoms with Gasteiger partial charge in [-0.2, -0.15) is 0 Å². The van der Waals surface area contributed by atoms with Crippen LogP contribution in [0.1, 0.15) is 19.3 Å². The van der Waals surface area contributed by atoms with E-state index < -0.39 is 0 Å². The lowest BCUT2D eigenvalue weighted by molar-refractivity contribution is 0.393. The fraction of sp³-hybridized carbons (Fsp3) is 0.500. The van der Waals surface area contributed by atoms with Crippen LogP contribution in [0.25, 0.3) is 0 Å². The molecule has 1 fully saturated rings. The molecule has 0 bridgehead atoms. The van der Waals surface area contributed by atoms with Crippen molar-refractivity contribution in [2.24, 2.45) is 0 Å². The number of benzene rings is 1. The molecule has 1 aromatic carbocycles. The number of hydrogen-bond acceptors (Lipinski definition) is 3. The number of ether oxygens (including phenoxy) is 2. The first kappa shape index (κ1) is 11.4. The van der Waals surface area contributed by atoms with Gasteiger partial charge >= 0.3 is 0 Å². The van der Waals surface area contributed by atoms with Crippen LogP contribution in [0.3, 0.4) is 0 Å². The van der Waals surface area contributed by atoms with Gasteiger partial charge in [-0.1, -0.05) is 11.6 Å². The Labute approximate surface area is 101 Å². The highest BCUT2D eigenvalue weighted by atomic mass is 35.5. The summed E-state index contributed by atoms with van der Waals surface area (Å²) in [7, 11) is 3.24. The lowest BCUT2D eigenvalue weighted by Gasteiger charge is -2.28. The first-order valence-corrected chi connectivity index (χ1v) is 5.80. The SMILES string of the molecule is COc1cc(OC)c(NC2CCC2)cc1Cl. The van der Waals surface area contributed by atoms with Crippen LogP contribution in [-0.4, -0.2) is 20.3 Å². The average molecular weight is 242 g/mol. The minimum absolute atomic E-state index is 0.554. The van der Waals surface area contributed by atoms with Gasteiger partial charge in [0.2, 0.25) is 0 Å². The van der Waals surface area contributed by atoms with Crippen molar-refractivity contribution >= 4 is 17.3 Å². The van der Waals surface area contributed by atoms with Crippen molar-refractivity contribution in [2.75, 3.05) is 19.5 Å². The molecule has 4 heteroatoms. The van der Waals surface area contributed by atoms with Crippen molar-refractivity contribution in [2.45, 2.75) is 25.3 Å². The standard InChI is InChI=1S/C12H16ClNO2/c1-15-11-7-12(16-2)10(6-9(11)13)14-8-4-3-5-8/h6-8,14H,3-5H2,1-2H3. The van der Waals surface area contributed by atoms with Gasteiger partial charge in [0.15, 0.2) is 0 Å². The number of methoxy groups -OCH3 is 2. The zero-order valence-corrected chi connectivity index (χ0v) is 10.3. The van der Waals surface area contributed by atoms with Crippen LogP contribution in [0.4, 0.5) is 5.69 Å². The summed E-state index contributed by atoms with van der Waals surface area (Å²) in [4.78, 5) is 0. The highest BCUT2D eigenvalue weighted by molar-refractivity contribution is 6.32. The van der Waals surface area contributed by atoms with Crippen LogP contribution in [0.2, 0.25) is 5.02 Å². The first-order valence-electron chi connectivity index (χ1n) is 5.42. The molecule has 0 unspecified atom stereocenters. The Balaban J connectivity index is 2.24. The molecule has 0 radical (unpaired) electrons. The van der Waals surface area contributed by atoms with E-state index in [1.807, 2.05) is 12.1 Å². The third-order valence-corrected chi connectivity index (χ3v) is 3.23. The lowest BCUT2D eigenvalue weighted by Crippen LogP contribution is -2.27. The molecule has 88 valence electrons. The maximum Gasteiger partial charge on any atom is 0.145 e. The summed E-state index contributed by atoms with van der Waals surface area (Å²) in [5, 5.41) is 4.03. The third-order valence-electron chi connectivity index (χ3n) is 2.94. The second kappa shape index (κ2) is 4.83. The number of halogens is 1. The van der Waals surface area contributed by atoms with Crippen LogP contribution in [0.5, 0.6) is 11.5 Å². The summed E-state index contributed by atoms with van der Waals surface area (Å²) in [5.74, 6) is 1.41. The average Bonchev–Trinajstić information content (AvgIpc) is 2.23. The molecule has 1 saturated carbocycles. The largest absolute Gasteiger partial charge is 0.495 e. The van der Waals surface area contributed by atoms with Crippen LogP contribution in [0, 0.1) is 0 Å². The Hall–Kier alpha value is -1.09. The fourth-order valence-electron chi connectivity index (χ4n) is 1.75. The summed E-state index contributed by atoms with van der Waals surface area (Å²) in [6, 6.07) is 4.22. The van der Waals surface area contributed by atoms with Crippen molar-refractivity contribution < 1.29 is 9.47 Å². The molecule has 0 aliphatic heterocycles. The molecule has 0 spiro atoms. The second-order valence-corrected chi connectivity index (χ2v) is 4.37. The molecule has 0 atom stereocenters. The van der Waals surface area contributed by atoms with Gasteiger partial charge in [-0.3, -0.25) is 0 Å². The van der Waals surface area contributed by atoms with E-state index in [1.54, 1.807) is 14.2 Å². The minimum atomic E-state index is 0.554. The van der Waals surface area contributed by atoms with E-state index in [4.69, 9.17) is 21.1 Å². The zero-order valence-electron chi connectivity index (χ0n) is 9.55. The summed E-state index contributed by atoms with van der Waals surface area (Å²) in [5.41, 5.74) is 0.943. The van der Waals surface area contributed by atoms with E-state index in [1.165, 1.54) is 19.3 Å². The molecule has 1 aliphatic rings. The molecule has 0 heterocycles. The fourth-order valence-corrected chi connectivity index (χ4v) is 1.99. The quantitative estimate of drug-likeness (QED) is 0.877. The van der Waals surface area contributed by atoms with E-state index in [9.17, 15) is 0 Å². The van der Waals surface area contributed by atoms with E-state index in [2.05, 4.69) is 5.32 Å². The van der Waals surface area contributed by atoms with Gasteiger partial charge in [0.05, 0.1) is 24.9 Å². The lowest BCUT2D eigenvalue weighted by atomic mass is 9.93. The normalized spacial score (nSPS) is 15.4. The highest BCUT2D eigenvalue weighted by Gasteiger charge is 2.19. The van der Waals surface area contributed by atoms with Gasteiger partial charge < -0.3 is 14.8 Å². The summed E-state index contributed by atoms with van der Waals surface area (Å²) in [6.07, 6.45) is 3.73. The maximum absolute atomic E-state index is 6.08. The second-order valence-electron chi connectivity index (χ2n) is 3.96. The number of hydrogen-bond donors (Lipinski definition) is 1. The predicted octanol–water partition coefficient (Wildman–Crippen LogP) is 3.32. The van der Waals surface area contributed by atoms with Crippen molar-refractivity contribution in [3.8, 4) is 11.5 Å². The topological polar surface area (TPSA) is 30.5 Å². The van der Waals surface area contributed by atoms with Gasteiger partial charge in [-0.05, 0) is 25.3 Å². The van der Waals surface area contributed by atoms with Gasteiger partial charge in [-0.15, -0.1) is 0 Å². The van der Waals surface area contributed by atoms with Gasteiger partial charge in [-0.25, -0.2) is 0 Å². The summed E-state index contributed by atoms with van der Waals surface area (Å²) < 4.78 is 10.5. The molecule has 0 saturated heterocycles. The Kier molecular flexibility index (Phi) is 3.44. The smallest absolute Gasteiger partial charge is 0.145 e.